The summed E-state index contributed by atoms with van der Waals surface area (Å²) in [5.41, 5.74) is 0.669. The summed E-state index contributed by atoms with van der Waals surface area (Å²) in [5, 5.41) is 0. The van der Waals surface area contributed by atoms with Gasteiger partial charge < -0.3 is 4.55 Å². The Hall–Kier alpha value is -4.28. The summed E-state index contributed by atoms with van der Waals surface area (Å²) in [6.45, 7) is 2.22. The molecule has 0 aliphatic rings. The normalized spacial score (nSPS) is 12.1. The molecule has 0 fully saturated rings. The molecule has 6 aromatic carbocycles. The maximum absolute atomic E-state index is 10.7. The SMILES string of the molecule is Cc1ccccc1[S+](c1ccc(Sc2ccc(-c3ccccc3)cc2)cc1)c1ccc(-c2ccccc2)cc1.O=S(=O)([O-])C(F)(F)F. The van der Waals surface area contributed by atoms with Gasteiger partial charge in [-0.05, 0) is 95.9 Å². The maximum Gasteiger partial charge on any atom is 0.485 e. The van der Waals surface area contributed by atoms with Gasteiger partial charge in [-0.25, -0.2) is 8.42 Å². The summed E-state index contributed by atoms with van der Waals surface area (Å²) in [5.74, 6) is 0. The zero-order valence-electron chi connectivity index (χ0n) is 25.1. The molecule has 0 spiro atoms. The fourth-order valence-electron chi connectivity index (χ4n) is 4.72. The molecule has 6 rings (SSSR count). The van der Waals surface area contributed by atoms with Gasteiger partial charge in [-0.1, -0.05) is 103 Å². The van der Waals surface area contributed by atoms with E-state index >= 15 is 0 Å². The fraction of sp³-hybridized carbons (Fsp3) is 0.0526. The molecule has 9 heteroatoms. The Balaban J connectivity index is 0.000000483. The van der Waals surface area contributed by atoms with Crippen molar-refractivity contribution in [3.8, 4) is 22.3 Å². The topological polar surface area (TPSA) is 57.2 Å². The molecule has 6 aromatic rings. The fourth-order valence-corrected chi connectivity index (χ4v) is 7.73. The van der Waals surface area contributed by atoms with Gasteiger partial charge in [-0.2, -0.15) is 13.2 Å². The monoisotopic (exact) mass is 686 g/mol. The average Bonchev–Trinajstić information content (AvgIpc) is 3.07. The molecular formula is C38H29F3O3S3. The summed E-state index contributed by atoms with van der Waals surface area (Å²) >= 11 is 1.81. The molecule has 0 radical (unpaired) electrons. The van der Waals surface area contributed by atoms with Gasteiger partial charge in [0, 0.05) is 15.4 Å². The quantitative estimate of drug-likeness (QED) is 0.0953. The van der Waals surface area contributed by atoms with E-state index in [1.54, 1.807) is 0 Å². The summed E-state index contributed by atoms with van der Waals surface area (Å²) in [4.78, 5) is 6.54. The van der Waals surface area contributed by atoms with Crippen LogP contribution in [0.25, 0.3) is 22.3 Å². The number of hydrogen-bond acceptors (Lipinski definition) is 4. The highest BCUT2D eigenvalue weighted by Gasteiger charge is 2.37. The van der Waals surface area contributed by atoms with Gasteiger partial charge in [0.2, 0.25) is 0 Å². The number of halogens is 3. The third kappa shape index (κ3) is 8.96. The van der Waals surface area contributed by atoms with Crippen molar-refractivity contribution in [3.05, 3.63) is 163 Å². The van der Waals surface area contributed by atoms with Crippen molar-refractivity contribution in [1.29, 1.82) is 0 Å². The second kappa shape index (κ2) is 15.1. The lowest BCUT2D eigenvalue weighted by Gasteiger charge is -2.12. The van der Waals surface area contributed by atoms with Crippen molar-refractivity contribution in [2.45, 2.75) is 36.9 Å². The van der Waals surface area contributed by atoms with Crippen LogP contribution in [0.15, 0.2) is 182 Å². The van der Waals surface area contributed by atoms with Crippen molar-refractivity contribution in [2.75, 3.05) is 0 Å². The minimum absolute atomic E-state index is 0.179. The lowest BCUT2D eigenvalue weighted by molar-refractivity contribution is -0.0517. The zero-order chi connectivity index (χ0) is 33.4. The van der Waals surface area contributed by atoms with Gasteiger partial charge in [0.05, 0.1) is 10.9 Å². The van der Waals surface area contributed by atoms with Crippen LogP contribution < -0.4 is 0 Å². The van der Waals surface area contributed by atoms with Crippen molar-refractivity contribution in [1.82, 2.24) is 0 Å². The largest absolute Gasteiger partial charge is 0.741 e. The van der Waals surface area contributed by atoms with Crippen molar-refractivity contribution in [3.63, 3.8) is 0 Å². The Morgan fingerprint density at radius 3 is 1.30 bits per heavy atom. The Morgan fingerprint density at radius 2 is 0.872 bits per heavy atom. The highest BCUT2D eigenvalue weighted by molar-refractivity contribution is 7.99. The van der Waals surface area contributed by atoms with E-state index < -0.39 is 15.6 Å². The lowest BCUT2D eigenvalue weighted by Crippen LogP contribution is -2.21. The maximum atomic E-state index is 10.7. The highest BCUT2D eigenvalue weighted by atomic mass is 32.2. The number of benzene rings is 6. The Labute approximate surface area is 280 Å². The Morgan fingerprint density at radius 1 is 0.532 bits per heavy atom. The first kappa shape index (κ1) is 34.1. The van der Waals surface area contributed by atoms with Crippen LogP contribution in [0.1, 0.15) is 5.56 Å². The first-order valence-corrected chi connectivity index (χ1v) is 17.9. The summed E-state index contributed by atoms with van der Waals surface area (Å²) in [7, 11) is -6.27. The van der Waals surface area contributed by atoms with Crippen molar-refractivity contribution < 1.29 is 26.1 Å². The van der Waals surface area contributed by atoms with Crippen LogP contribution in [-0.4, -0.2) is 18.5 Å². The smallest absolute Gasteiger partial charge is 0.485 e. The standard InChI is InChI=1S/C37H29S2.CHF3O3S/c1-28-10-8-9-15-37(28)39(35-24-18-32(19-25-35)30-13-6-3-7-14-30)36-26-22-34(23-27-36)38-33-20-16-31(17-21-33)29-11-4-2-5-12-29;2-1(3,4)8(5,6)7/h2-27H,1H3;(H,5,6,7)/q+1;/p-1. The van der Waals surface area contributed by atoms with E-state index in [0.29, 0.717) is 0 Å². The van der Waals surface area contributed by atoms with Gasteiger partial charge in [-0.3, -0.25) is 0 Å². The number of aryl methyl sites for hydroxylation is 1. The zero-order valence-corrected chi connectivity index (χ0v) is 27.5. The van der Waals surface area contributed by atoms with E-state index in [1.165, 1.54) is 52.3 Å². The van der Waals surface area contributed by atoms with Crippen LogP contribution in [0.2, 0.25) is 0 Å². The van der Waals surface area contributed by atoms with E-state index in [0.717, 1.165) is 0 Å². The van der Waals surface area contributed by atoms with Gasteiger partial charge in [0.1, 0.15) is 0 Å². The van der Waals surface area contributed by atoms with Crippen LogP contribution in [-0.2, 0) is 21.0 Å². The molecule has 0 N–H and O–H groups in total. The van der Waals surface area contributed by atoms with Crippen LogP contribution in [0.5, 0.6) is 0 Å². The molecule has 1 atom stereocenters. The molecule has 0 aliphatic carbocycles. The molecule has 0 aromatic heterocycles. The highest BCUT2D eigenvalue weighted by Crippen LogP contribution is 2.36. The molecule has 0 amide bonds. The summed E-state index contributed by atoms with van der Waals surface area (Å²) in [6, 6.07) is 57.0. The molecule has 0 aliphatic heterocycles. The third-order valence-electron chi connectivity index (χ3n) is 7.05. The van der Waals surface area contributed by atoms with Crippen LogP contribution >= 0.6 is 11.8 Å². The first-order chi connectivity index (χ1) is 22.5. The van der Waals surface area contributed by atoms with E-state index in [9.17, 15) is 13.2 Å². The average molecular weight is 687 g/mol. The molecule has 0 saturated carbocycles. The van der Waals surface area contributed by atoms with Gasteiger partial charge in [-0.15, -0.1) is 0 Å². The van der Waals surface area contributed by atoms with Crippen LogP contribution in [0.3, 0.4) is 0 Å². The molecule has 3 nitrogen and oxygen atoms in total. The van der Waals surface area contributed by atoms with Crippen LogP contribution in [0.4, 0.5) is 13.2 Å². The number of rotatable bonds is 7. The lowest BCUT2D eigenvalue weighted by atomic mass is 10.1. The summed E-state index contributed by atoms with van der Waals surface area (Å²) in [6.07, 6.45) is 0. The molecule has 0 heterocycles. The number of alkyl halides is 3. The molecule has 0 bridgehead atoms. The minimum atomic E-state index is -6.09. The van der Waals surface area contributed by atoms with Crippen molar-refractivity contribution >= 4 is 32.8 Å². The summed E-state index contributed by atoms with van der Waals surface area (Å²) < 4.78 is 58.9. The van der Waals surface area contributed by atoms with Gasteiger partial charge in [0.15, 0.2) is 24.8 Å². The molecule has 238 valence electrons. The molecule has 0 saturated heterocycles. The first-order valence-electron chi connectivity index (χ1n) is 14.4. The molecule has 1 unspecified atom stereocenters. The van der Waals surface area contributed by atoms with E-state index in [-0.39, 0.29) is 10.9 Å². The third-order valence-corrected chi connectivity index (χ3v) is 11.0. The molecule has 47 heavy (non-hydrogen) atoms. The van der Waals surface area contributed by atoms with E-state index in [2.05, 4.69) is 165 Å². The number of hydrogen-bond donors (Lipinski definition) is 0. The van der Waals surface area contributed by atoms with Gasteiger partial charge in [0.25, 0.3) is 0 Å². The minimum Gasteiger partial charge on any atom is -0.741 e. The van der Waals surface area contributed by atoms with Crippen molar-refractivity contribution in [2.24, 2.45) is 0 Å². The van der Waals surface area contributed by atoms with E-state index in [4.69, 9.17) is 13.0 Å². The predicted molar refractivity (Wildman–Crippen MR) is 183 cm³/mol. The molecular weight excluding hydrogens is 658 g/mol. The Kier molecular flexibility index (Phi) is 10.9. The second-order valence-corrected chi connectivity index (χ2v) is 14.8. The van der Waals surface area contributed by atoms with E-state index in [1.807, 2.05) is 11.8 Å². The van der Waals surface area contributed by atoms with Crippen LogP contribution in [0, 0.1) is 6.92 Å². The van der Waals surface area contributed by atoms with Gasteiger partial charge >= 0.3 is 5.51 Å². The Bertz CT molecular complexity index is 2000. The predicted octanol–water partition coefficient (Wildman–Crippen LogP) is 10.6. The second-order valence-electron chi connectivity index (χ2n) is 10.3.